The van der Waals surface area contributed by atoms with E-state index in [-0.39, 0.29) is 11.9 Å². The molecule has 1 atom stereocenters. The summed E-state index contributed by atoms with van der Waals surface area (Å²) in [5.41, 5.74) is 6.84. The number of nitrogens with one attached hydrogen (secondary N) is 1. The third-order valence-electron chi connectivity index (χ3n) is 6.08. The normalized spacial score (nSPS) is 12.2. The van der Waals surface area contributed by atoms with Crippen LogP contribution in [0.3, 0.4) is 0 Å². The summed E-state index contributed by atoms with van der Waals surface area (Å²) in [6.45, 7) is 8.53. The summed E-state index contributed by atoms with van der Waals surface area (Å²) in [4.78, 5) is 18.4. The lowest BCUT2D eigenvalue weighted by Gasteiger charge is -2.19. The van der Waals surface area contributed by atoms with Gasteiger partial charge >= 0.3 is 0 Å². The maximum Gasteiger partial charge on any atom is 0.252 e. The van der Waals surface area contributed by atoms with Gasteiger partial charge in [-0.3, -0.25) is 4.79 Å². The number of hydrogen-bond donors (Lipinski definition) is 1. The molecule has 1 amide bonds. The number of carbonyl (C=O) groups is 1. The quantitative estimate of drug-likeness (QED) is 0.291. The van der Waals surface area contributed by atoms with Gasteiger partial charge in [0, 0.05) is 15.4 Å². The van der Waals surface area contributed by atoms with Crippen molar-refractivity contribution in [3.63, 3.8) is 0 Å². The van der Waals surface area contributed by atoms with Crippen LogP contribution in [0.15, 0.2) is 77.3 Å². The highest BCUT2D eigenvalue weighted by molar-refractivity contribution is 9.10. The smallest absolute Gasteiger partial charge is 0.252 e. The SMILES string of the molecule is CC[C@@H](NC(=O)c1cc(-c2ccc(C)cc2)nc2ccc(Br)cc12)c1ccc(C(C)C)cc1. The van der Waals surface area contributed by atoms with Crippen molar-refractivity contribution in [2.24, 2.45) is 0 Å². The first-order valence-corrected chi connectivity index (χ1v) is 12.2. The Labute approximate surface area is 204 Å². The maximum absolute atomic E-state index is 13.6. The van der Waals surface area contributed by atoms with E-state index in [1.807, 2.05) is 24.3 Å². The molecule has 0 saturated heterocycles. The molecule has 0 unspecified atom stereocenters. The van der Waals surface area contributed by atoms with Crippen LogP contribution in [0.1, 0.15) is 66.2 Å². The molecule has 0 fully saturated rings. The Balaban J connectivity index is 1.72. The molecule has 4 rings (SSSR count). The minimum atomic E-state index is -0.0892. The number of aryl methyl sites for hydroxylation is 1. The molecule has 1 N–H and O–H groups in total. The van der Waals surface area contributed by atoms with E-state index in [1.165, 1.54) is 11.1 Å². The van der Waals surface area contributed by atoms with Crippen molar-refractivity contribution in [1.82, 2.24) is 10.3 Å². The third-order valence-corrected chi connectivity index (χ3v) is 6.58. The Morgan fingerprint density at radius 1 is 0.939 bits per heavy atom. The molecular formula is C29H29BrN2O. The molecule has 0 spiro atoms. The Hall–Kier alpha value is -2.98. The largest absolute Gasteiger partial charge is 0.345 e. The molecule has 0 bridgehead atoms. The molecule has 0 aliphatic carbocycles. The summed E-state index contributed by atoms with van der Waals surface area (Å²) in [5, 5.41) is 4.10. The summed E-state index contributed by atoms with van der Waals surface area (Å²) in [6, 6.07) is 24.5. The fourth-order valence-corrected chi connectivity index (χ4v) is 4.39. The van der Waals surface area contributed by atoms with Crippen molar-refractivity contribution >= 4 is 32.7 Å². The lowest BCUT2D eigenvalue weighted by atomic mass is 9.97. The van der Waals surface area contributed by atoms with Gasteiger partial charge in [-0.25, -0.2) is 4.98 Å². The summed E-state index contributed by atoms with van der Waals surface area (Å²) >= 11 is 3.55. The first kappa shape index (κ1) is 23.2. The number of halogens is 1. The number of hydrogen-bond acceptors (Lipinski definition) is 2. The van der Waals surface area contributed by atoms with E-state index in [4.69, 9.17) is 4.98 Å². The van der Waals surface area contributed by atoms with Gasteiger partial charge in [0.2, 0.25) is 0 Å². The number of nitrogens with zero attached hydrogens (tertiary/aromatic N) is 1. The molecule has 4 heteroatoms. The summed E-state index contributed by atoms with van der Waals surface area (Å²) in [6.07, 6.45) is 0.810. The van der Waals surface area contributed by atoms with Gasteiger partial charge < -0.3 is 5.32 Å². The van der Waals surface area contributed by atoms with Gasteiger partial charge in [-0.05, 0) is 54.7 Å². The number of pyridine rings is 1. The number of fused-ring (bicyclic) bond motifs is 1. The Bertz CT molecular complexity index is 1280. The van der Waals surface area contributed by atoms with Crippen LogP contribution < -0.4 is 5.32 Å². The van der Waals surface area contributed by atoms with Gasteiger partial charge in [-0.15, -0.1) is 0 Å². The van der Waals surface area contributed by atoms with Crippen LogP contribution in [0.5, 0.6) is 0 Å². The Morgan fingerprint density at radius 2 is 1.61 bits per heavy atom. The van der Waals surface area contributed by atoms with E-state index in [0.29, 0.717) is 11.5 Å². The average molecular weight is 501 g/mol. The van der Waals surface area contributed by atoms with Crippen LogP contribution in [0.4, 0.5) is 0 Å². The van der Waals surface area contributed by atoms with Gasteiger partial charge in [0.05, 0.1) is 22.8 Å². The van der Waals surface area contributed by atoms with Gasteiger partial charge in [-0.2, -0.15) is 0 Å². The van der Waals surface area contributed by atoms with Crippen LogP contribution in [0, 0.1) is 6.92 Å². The number of carbonyl (C=O) groups excluding carboxylic acids is 1. The molecule has 168 valence electrons. The maximum atomic E-state index is 13.6. The van der Waals surface area contributed by atoms with Gasteiger partial charge in [0.1, 0.15) is 0 Å². The minimum Gasteiger partial charge on any atom is -0.345 e. The number of amides is 1. The van der Waals surface area contributed by atoms with E-state index in [0.717, 1.165) is 38.6 Å². The van der Waals surface area contributed by atoms with Crippen LogP contribution >= 0.6 is 15.9 Å². The molecule has 3 aromatic carbocycles. The predicted octanol–water partition coefficient (Wildman–Crippen LogP) is 7.98. The first-order valence-electron chi connectivity index (χ1n) is 11.4. The summed E-state index contributed by atoms with van der Waals surface area (Å²) in [7, 11) is 0. The van der Waals surface area contributed by atoms with Crippen LogP contribution in [0.25, 0.3) is 22.2 Å². The van der Waals surface area contributed by atoms with E-state index in [2.05, 4.69) is 97.5 Å². The average Bonchev–Trinajstić information content (AvgIpc) is 2.82. The van der Waals surface area contributed by atoms with Crippen molar-refractivity contribution in [3.8, 4) is 11.3 Å². The molecule has 1 heterocycles. The molecule has 0 aliphatic rings. The molecule has 33 heavy (non-hydrogen) atoms. The molecule has 3 nitrogen and oxygen atoms in total. The second-order valence-corrected chi connectivity index (χ2v) is 9.75. The van der Waals surface area contributed by atoms with Crippen molar-refractivity contribution in [1.29, 1.82) is 0 Å². The van der Waals surface area contributed by atoms with Crippen LogP contribution in [0.2, 0.25) is 0 Å². The minimum absolute atomic E-state index is 0.0584. The standard InChI is InChI=1S/C29H29BrN2O/c1-5-26(21-12-10-20(11-13-21)18(2)3)32-29(33)25-17-28(22-8-6-19(4)7-9-22)31-27-15-14-23(30)16-24(25)27/h6-18,26H,5H2,1-4H3,(H,32,33)/t26-/m1/s1. The van der Waals surface area contributed by atoms with Crippen LogP contribution in [-0.2, 0) is 0 Å². The highest BCUT2D eigenvalue weighted by Crippen LogP contribution is 2.29. The number of aromatic nitrogens is 1. The van der Waals surface area contributed by atoms with Crippen molar-refractivity contribution in [3.05, 3.63) is 99.5 Å². The first-order chi connectivity index (χ1) is 15.9. The lowest BCUT2D eigenvalue weighted by Crippen LogP contribution is -2.28. The van der Waals surface area contributed by atoms with E-state index in [1.54, 1.807) is 0 Å². The van der Waals surface area contributed by atoms with Crippen molar-refractivity contribution in [2.45, 2.75) is 46.1 Å². The second kappa shape index (κ2) is 9.88. The van der Waals surface area contributed by atoms with E-state index >= 15 is 0 Å². The monoisotopic (exact) mass is 500 g/mol. The molecule has 0 radical (unpaired) electrons. The predicted molar refractivity (Wildman–Crippen MR) is 141 cm³/mol. The second-order valence-electron chi connectivity index (χ2n) is 8.84. The molecule has 0 aliphatic heterocycles. The molecule has 1 aromatic heterocycles. The topological polar surface area (TPSA) is 42.0 Å². The van der Waals surface area contributed by atoms with Crippen molar-refractivity contribution < 1.29 is 4.79 Å². The lowest BCUT2D eigenvalue weighted by molar-refractivity contribution is 0.0937. The van der Waals surface area contributed by atoms with Crippen molar-refractivity contribution in [2.75, 3.05) is 0 Å². The summed E-state index contributed by atoms with van der Waals surface area (Å²) < 4.78 is 0.922. The highest BCUT2D eigenvalue weighted by Gasteiger charge is 2.19. The van der Waals surface area contributed by atoms with Gasteiger partial charge in [0.25, 0.3) is 5.91 Å². The zero-order valence-electron chi connectivity index (χ0n) is 19.5. The number of rotatable bonds is 6. The highest BCUT2D eigenvalue weighted by atomic mass is 79.9. The Kier molecular flexibility index (Phi) is 6.94. The zero-order chi connectivity index (χ0) is 23.5. The fourth-order valence-electron chi connectivity index (χ4n) is 4.03. The molecule has 4 aromatic rings. The third kappa shape index (κ3) is 5.17. The Morgan fingerprint density at radius 3 is 2.24 bits per heavy atom. The molecular weight excluding hydrogens is 472 g/mol. The van der Waals surface area contributed by atoms with Gasteiger partial charge in [0.15, 0.2) is 0 Å². The zero-order valence-corrected chi connectivity index (χ0v) is 21.1. The van der Waals surface area contributed by atoms with E-state index < -0.39 is 0 Å². The summed E-state index contributed by atoms with van der Waals surface area (Å²) in [5.74, 6) is 0.393. The van der Waals surface area contributed by atoms with Crippen LogP contribution in [-0.4, -0.2) is 10.9 Å². The number of benzene rings is 3. The van der Waals surface area contributed by atoms with E-state index in [9.17, 15) is 4.79 Å². The van der Waals surface area contributed by atoms with Gasteiger partial charge in [-0.1, -0.05) is 90.8 Å². The molecule has 0 saturated carbocycles. The fraction of sp³-hybridized carbons (Fsp3) is 0.241.